The van der Waals surface area contributed by atoms with Crippen molar-refractivity contribution in [3.8, 4) is 0 Å². The molecule has 0 fully saturated rings. The summed E-state index contributed by atoms with van der Waals surface area (Å²) < 4.78 is 0. The fourth-order valence-corrected chi connectivity index (χ4v) is 1.43. The fraction of sp³-hybridized carbons (Fsp3) is 0.400. The van der Waals surface area contributed by atoms with Gasteiger partial charge in [0.25, 0.3) is 0 Å². The number of carboxylic acid groups (broad SMARTS) is 1. The van der Waals surface area contributed by atoms with Gasteiger partial charge in [-0.2, -0.15) is 0 Å². The van der Waals surface area contributed by atoms with Gasteiger partial charge in [-0.3, -0.25) is 4.79 Å². The molecule has 0 saturated carbocycles. The van der Waals surface area contributed by atoms with Crippen LogP contribution in [0.1, 0.15) is 6.42 Å². The maximum absolute atomic E-state index is 11.0. The average Bonchev–Trinajstić information content (AvgIpc) is 2.26. The highest BCUT2D eigenvalue weighted by Gasteiger charge is 2.27. The molecule has 0 aromatic carbocycles. The number of allylic oxidation sites excluding steroid dienone is 3. The van der Waals surface area contributed by atoms with Gasteiger partial charge in [0.15, 0.2) is 0 Å². The minimum atomic E-state index is -1.04. The molecule has 5 nitrogen and oxygen atoms in total. The molecule has 1 rings (SSSR count). The van der Waals surface area contributed by atoms with Crippen LogP contribution in [-0.4, -0.2) is 29.6 Å². The lowest BCUT2D eigenvalue weighted by Crippen LogP contribution is -2.47. The predicted molar refractivity (Wildman–Crippen MR) is 55.0 cm³/mol. The number of carbonyl (C=O) groups excluding carboxylic acids is 1. The van der Waals surface area contributed by atoms with Gasteiger partial charge in [-0.25, -0.2) is 4.79 Å². The van der Waals surface area contributed by atoms with Crippen LogP contribution in [0.15, 0.2) is 24.3 Å². The Balaban J connectivity index is 2.65. The highest BCUT2D eigenvalue weighted by atomic mass is 16.4. The maximum atomic E-state index is 11.0. The number of aliphatic carboxylic acids is 1. The number of hydrogen-bond donors (Lipinski definition) is 3. The van der Waals surface area contributed by atoms with Crippen molar-refractivity contribution in [1.29, 1.82) is 0 Å². The summed E-state index contributed by atoms with van der Waals surface area (Å²) in [6.07, 6.45) is 7.88. The molecule has 82 valence electrons. The molecular weight excluding hydrogens is 196 g/mol. The summed E-state index contributed by atoms with van der Waals surface area (Å²) in [5.41, 5.74) is 5.11. The van der Waals surface area contributed by atoms with Crippen LogP contribution in [0.3, 0.4) is 0 Å². The molecule has 0 bridgehead atoms. The minimum Gasteiger partial charge on any atom is -0.480 e. The molecule has 5 heteroatoms. The maximum Gasteiger partial charge on any atom is 0.326 e. The van der Waals surface area contributed by atoms with E-state index in [-0.39, 0.29) is 12.5 Å². The predicted octanol–water partition coefficient (Wildman–Crippen LogP) is -0.353. The van der Waals surface area contributed by atoms with E-state index in [1.165, 1.54) is 0 Å². The van der Waals surface area contributed by atoms with E-state index in [4.69, 9.17) is 10.8 Å². The van der Waals surface area contributed by atoms with Crippen LogP contribution in [0.2, 0.25) is 0 Å². The number of nitrogens with two attached hydrogens (primary N) is 1. The summed E-state index contributed by atoms with van der Waals surface area (Å²) in [6.45, 7) is -0.198. The number of carbonyl (C=O) groups is 2. The molecule has 2 atom stereocenters. The van der Waals surface area contributed by atoms with Crippen molar-refractivity contribution < 1.29 is 14.7 Å². The lowest BCUT2D eigenvalue weighted by atomic mass is 9.92. The molecule has 2 unspecified atom stereocenters. The van der Waals surface area contributed by atoms with E-state index in [0.717, 1.165) is 0 Å². The number of nitrogens with one attached hydrogen (secondary N) is 1. The van der Waals surface area contributed by atoms with Gasteiger partial charge in [0.1, 0.15) is 6.04 Å². The summed E-state index contributed by atoms with van der Waals surface area (Å²) in [5, 5.41) is 11.3. The van der Waals surface area contributed by atoms with E-state index in [0.29, 0.717) is 6.42 Å². The van der Waals surface area contributed by atoms with Crippen LogP contribution in [0.4, 0.5) is 0 Å². The highest BCUT2D eigenvalue weighted by molar-refractivity contribution is 5.84. The molecule has 0 radical (unpaired) electrons. The third-order valence-electron chi connectivity index (χ3n) is 2.21. The van der Waals surface area contributed by atoms with Crippen molar-refractivity contribution in [3.05, 3.63) is 24.3 Å². The van der Waals surface area contributed by atoms with Gasteiger partial charge in [-0.05, 0) is 6.42 Å². The Bertz CT molecular complexity index is 310. The van der Waals surface area contributed by atoms with E-state index in [1.54, 1.807) is 12.2 Å². The molecular formula is C10H14N2O3. The van der Waals surface area contributed by atoms with E-state index in [9.17, 15) is 9.59 Å². The molecule has 4 N–H and O–H groups in total. The number of amides is 1. The van der Waals surface area contributed by atoms with Crippen LogP contribution in [0.5, 0.6) is 0 Å². The molecule has 1 aliphatic carbocycles. The highest BCUT2D eigenvalue weighted by Crippen LogP contribution is 2.16. The van der Waals surface area contributed by atoms with Gasteiger partial charge in [0, 0.05) is 5.92 Å². The summed E-state index contributed by atoms with van der Waals surface area (Å²) in [4.78, 5) is 22.0. The van der Waals surface area contributed by atoms with Gasteiger partial charge >= 0.3 is 5.97 Å². The van der Waals surface area contributed by atoms with E-state index >= 15 is 0 Å². The van der Waals surface area contributed by atoms with Gasteiger partial charge in [0.05, 0.1) is 6.54 Å². The monoisotopic (exact) mass is 210 g/mol. The van der Waals surface area contributed by atoms with E-state index < -0.39 is 17.9 Å². The minimum absolute atomic E-state index is 0.198. The Morgan fingerprint density at radius 3 is 2.73 bits per heavy atom. The number of carboxylic acids is 1. The fourth-order valence-electron chi connectivity index (χ4n) is 1.43. The van der Waals surface area contributed by atoms with Gasteiger partial charge in [0.2, 0.25) is 5.91 Å². The largest absolute Gasteiger partial charge is 0.480 e. The Labute approximate surface area is 87.6 Å². The third kappa shape index (κ3) is 3.21. The first-order chi connectivity index (χ1) is 7.15. The smallest absolute Gasteiger partial charge is 0.326 e. The quantitative estimate of drug-likeness (QED) is 0.591. The second-order valence-electron chi connectivity index (χ2n) is 3.30. The van der Waals surface area contributed by atoms with Gasteiger partial charge in [-0.15, -0.1) is 0 Å². The summed E-state index contributed by atoms with van der Waals surface area (Å²) >= 11 is 0. The Morgan fingerprint density at radius 2 is 2.27 bits per heavy atom. The van der Waals surface area contributed by atoms with Crippen LogP contribution in [-0.2, 0) is 9.59 Å². The van der Waals surface area contributed by atoms with Crippen LogP contribution in [0.25, 0.3) is 0 Å². The van der Waals surface area contributed by atoms with Crippen molar-refractivity contribution in [1.82, 2.24) is 5.32 Å². The summed E-state index contributed by atoms with van der Waals surface area (Å²) in [7, 11) is 0. The van der Waals surface area contributed by atoms with Crippen LogP contribution >= 0.6 is 0 Å². The van der Waals surface area contributed by atoms with E-state index in [2.05, 4.69) is 5.32 Å². The van der Waals surface area contributed by atoms with E-state index in [1.807, 2.05) is 12.2 Å². The topological polar surface area (TPSA) is 92.4 Å². The molecule has 0 saturated heterocycles. The zero-order valence-corrected chi connectivity index (χ0v) is 8.22. The van der Waals surface area contributed by atoms with Crippen molar-refractivity contribution >= 4 is 11.9 Å². The SMILES string of the molecule is NCC(=O)NC(C(=O)O)C1C=CC=CC1. The van der Waals surface area contributed by atoms with Crippen molar-refractivity contribution in [2.75, 3.05) is 6.54 Å². The second-order valence-corrected chi connectivity index (χ2v) is 3.30. The number of rotatable bonds is 4. The third-order valence-corrected chi connectivity index (χ3v) is 2.21. The average molecular weight is 210 g/mol. The number of hydrogen-bond acceptors (Lipinski definition) is 3. The lowest BCUT2D eigenvalue weighted by Gasteiger charge is -2.22. The first-order valence-electron chi connectivity index (χ1n) is 4.70. The van der Waals surface area contributed by atoms with Crippen molar-refractivity contribution in [2.24, 2.45) is 11.7 Å². The molecule has 0 spiro atoms. The van der Waals surface area contributed by atoms with Crippen LogP contribution in [0, 0.1) is 5.92 Å². The standard InChI is InChI=1S/C10H14N2O3/c11-6-8(13)12-9(10(14)15)7-4-2-1-3-5-7/h1-4,7,9H,5-6,11H2,(H,12,13)(H,14,15). The zero-order valence-electron chi connectivity index (χ0n) is 8.22. The molecule has 0 heterocycles. The summed E-state index contributed by atoms with van der Waals surface area (Å²) in [6, 6.07) is -0.901. The lowest BCUT2D eigenvalue weighted by molar-refractivity contribution is -0.142. The Morgan fingerprint density at radius 1 is 1.53 bits per heavy atom. The molecule has 1 amide bonds. The van der Waals surface area contributed by atoms with Crippen molar-refractivity contribution in [2.45, 2.75) is 12.5 Å². The molecule has 0 aromatic heterocycles. The normalized spacial score (nSPS) is 21.0. The first-order valence-corrected chi connectivity index (χ1v) is 4.70. The summed E-state index contributed by atoms with van der Waals surface area (Å²) in [5.74, 6) is -1.70. The molecule has 15 heavy (non-hydrogen) atoms. The Kier molecular flexibility index (Phi) is 4.05. The first kappa shape index (κ1) is 11.5. The van der Waals surface area contributed by atoms with Crippen LogP contribution < -0.4 is 11.1 Å². The van der Waals surface area contributed by atoms with Crippen molar-refractivity contribution in [3.63, 3.8) is 0 Å². The molecule has 0 aliphatic heterocycles. The molecule has 0 aromatic rings. The Hall–Kier alpha value is -1.62. The van der Waals surface area contributed by atoms with Gasteiger partial charge in [-0.1, -0.05) is 24.3 Å². The van der Waals surface area contributed by atoms with Gasteiger partial charge < -0.3 is 16.2 Å². The second kappa shape index (κ2) is 5.31. The molecule has 1 aliphatic rings. The zero-order chi connectivity index (χ0) is 11.3.